The molecule has 0 fully saturated rings. The van der Waals surface area contributed by atoms with E-state index in [4.69, 9.17) is 16.7 Å². The van der Waals surface area contributed by atoms with Gasteiger partial charge in [0.1, 0.15) is 0 Å². The zero-order valence-electron chi connectivity index (χ0n) is 33.3. The molecule has 0 spiro atoms. The van der Waals surface area contributed by atoms with E-state index in [0.717, 1.165) is 34.9 Å². The number of nitrogens with one attached hydrogen (secondary N) is 1. The van der Waals surface area contributed by atoms with Gasteiger partial charge in [0.15, 0.2) is 5.69 Å². The second-order valence-corrected chi connectivity index (χ2v) is 17.7. The maximum absolute atomic E-state index is 14.6. The number of benzene rings is 5. The van der Waals surface area contributed by atoms with Gasteiger partial charge in [-0.1, -0.05) is 112 Å². The van der Waals surface area contributed by atoms with Crippen LogP contribution in [-0.4, -0.2) is 53.9 Å². The van der Waals surface area contributed by atoms with Crippen LogP contribution in [0.25, 0.3) is 16.5 Å². The van der Waals surface area contributed by atoms with Crippen LogP contribution in [0.4, 0.5) is 5.69 Å². The molecule has 7 rings (SSSR count). The van der Waals surface area contributed by atoms with Crippen LogP contribution in [-0.2, 0) is 28.4 Å². The first-order valence-electron chi connectivity index (χ1n) is 19.4. The number of nitrogens with zero attached hydrogens (tertiary/aromatic N) is 4. The van der Waals surface area contributed by atoms with E-state index in [-0.39, 0.29) is 49.7 Å². The third-order valence-corrected chi connectivity index (χ3v) is 12.4. The van der Waals surface area contributed by atoms with Gasteiger partial charge in [0.2, 0.25) is 0 Å². The lowest BCUT2D eigenvalue weighted by molar-refractivity contribution is 0.0734. The zero-order chi connectivity index (χ0) is 41.4. The molecule has 0 bridgehead atoms. The number of amides is 3. The SMILES string of the molecule is CCCCN(C(=O)c1nn(-c2ccc(C(=O)NS(=O)(=O)c3ccc4ccccc4c3)cc2C(=O)N2CCc3ccccc3C2)c(C)c1Cl)c1ccc(C(C)(C)C)cc1. The normalized spacial score (nSPS) is 13.0. The Hall–Kier alpha value is -5.78. The number of rotatable bonds is 10. The van der Waals surface area contributed by atoms with Crippen molar-refractivity contribution in [2.24, 2.45) is 0 Å². The molecule has 0 aliphatic carbocycles. The molecule has 1 N–H and O–H groups in total. The van der Waals surface area contributed by atoms with E-state index in [1.54, 1.807) is 34.9 Å². The summed E-state index contributed by atoms with van der Waals surface area (Å²) < 4.78 is 30.6. The predicted molar refractivity (Wildman–Crippen MR) is 229 cm³/mol. The highest BCUT2D eigenvalue weighted by Crippen LogP contribution is 2.31. The van der Waals surface area contributed by atoms with Crippen molar-refractivity contribution in [2.45, 2.75) is 70.7 Å². The Morgan fingerprint density at radius 3 is 2.26 bits per heavy atom. The van der Waals surface area contributed by atoms with Crippen LogP contribution in [0.1, 0.15) is 94.1 Å². The number of carbonyl (C=O) groups is 3. The number of fused-ring (bicyclic) bond motifs is 2. The topological polar surface area (TPSA) is 122 Å². The molecule has 6 aromatic rings. The van der Waals surface area contributed by atoms with E-state index in [2.05, 4.69) is 32.4 Å². The van der Waals surface area contributed by atoms with Gasteiger partial charge >= 0.3 is 0 Å². The van der Waals surface area contributed by atoms with Crippen molar-refractivity contribution in [3.05, 3.63) is 153 Å². The number of sulfonamides is 1. The summed E-state index contributed by atoms with van der Waals surface area (Å²) in [4.78, 5) is 46.0. The van der Waals surface area contributed by atoms with Gasteiger partial charge in [0.05, 0.1) is 26.9 Å². The Bertz CT molecular complexity index is 2670. The van der Waals surface area contributed by atoms with Crippen LogP contribution >= 0.6 is 11.6 Å². The average Bonchev–Trinajstić information content (AvgIpc) is 3.52. The van der Waals surface area contributed by atoms with Crippen molar-refractivity contribution in [3.8, 4) is 5.69 Å². The van der Waals surface area contributed by atoms with Gasteiger partial charge in [0, 0.05) is 30.9 Å². The molecule has 0 unspecified atom stereocenters. The van der Waals surface area contributed by atoms with Crippen LogP contribution in [0.15, 0.2) is 114 Å². The van der Waals surface area contributed by atoms with Gasteiger partial charge in [0.25, 0.3) is 27.7 Å². The first kappa shape index (κ1) is 40.4. The molecule has 58 heavy (non-hydrogen) atoms. The van der Waals surface area contributed by atoms with Crippen LogP contribution in [0.2, 0.25) is 5.02 Å². The van der Waals surface area contributed by atoms with E-state index < -0.39 is 15.9 Å². The van der Waals surface area contributed by atoms with E-state index in [1.165, 1.54) is 35.0 Å². The summed E-state index contributed by atoms with van der Waals surface area (Å²) in [6, 6.07) is 32.1. The Kier molecular flexibility index (Phi) is 11.3. The lowest BCUT2D eigenvalue weighted by Crippen LogP contribution is -2.37. The zero-order valence-corrected chi connectivity index (χ0v) is 34.8. The minimum atomic E-state index is -4.29. The van der Waals surface area contributed by atoms with Crippen LogP contribution in [0, 0.1) is 6.92 Å². The van der Waals surface area contributed by atoms with Crippen LogP contribution in [0.5, 0.6) is 0 Å². The monoisotopic (exact) mass is 815 g/mol. The van der Waals surface area contributed by atoms with Gasteiger partial charge in [-0.3, -0.25) is 14.4 Å². The molecule has 0 saturated heterocycles. The largest absolute Gasteiger partial charge is 0.334 e. The smallest absolute Gasteiger partial charge is 0.280 e. The number of aromatic nitrogens is 2. The lowest BCUT2D eigenvalue weighted by atomic mass is 9.87. The molecule has 0 radical (unpaired) electrons. The second kappa shape index (κ2) is 16.2. The molecule has 2 heterocycles. The lowest BCUT2D eigenvalue weighted by Gasteiger charge is -2.29. The first-order chi connectivity index (χ1) is 27.7. The number of hydrogen-bond acceptors (Lipinski definition) is 6. The molecule has 1 aliphatic rings. The number of unbranched alkanes of at least 4 members (excludes halogenated alkanes) is 1. The highest BCUT2D eigenvalue weighted by atomic mass is 35.5. The Morgan fingerprint density at radius 1 is 0.862 bits per heavy atom. The fourth-order valence-corrected chi connectivity index (χ4v) is 8.44. The van der Waals surface area contributed by atoms with Gasteiger partial charge in [-0.05, 0) is 95.1 Å². The summed E-state index contributed by atoms with van der Waals surface area (Å²) in [6.45, 7) is 11.4. The Morgan fingerprint density at radius 2 is 1.55 bits per heavy atom. The third kappa shape index (κ3) is 8.14. The Balaban J connectivity index is 1.26. The van der Waals surface area contributed by atoms with E-state index in [9.17, 15) is 22.8 Å². The summed E-state index contributed by atoms with van der Waals surface area (Å²) in [7, 11) is -4.29. The van der Waals surface area contributed by atoms with Crippen molar-refractivity contribution >= 4 is 55.8 Å². The fraction of sp³-hybridized carbons (Fsp3) is 0.261. The van der Waals surface area contributed by atoms with Gasteiger partial charge in [-0.25, -0.2) is 17.8 Å². The highest BCUT2D eigenvalue weighted by molar-refractivity contribution is 7.90. The summed E-state index contributed by atoms with van der Waals surface area (Å²) in [5.41, 5.74) is 4.70. The molecular weight excluding hydrogens is 770 g/mol. The summed E-state index contributed by atoms with van der Waals surface area (Å²) >= 11 is 6.94. The molecule has 10 nitrogen and oxygen atoms in total. The molecule has 298 valence electrons. The number of halogens is 1. The highest BCUT2D eigenvalue weighted by Gasteiger charge is 2.31. The molecule has 0 atom stereocenters. The minimum absolute atomic E-state index is 0.0174. The summed E-state index contributed by atoms with van der Waals surface area (Å²) in [5.74, 6) is -1.69. The third-order valence-electron chi connectivity index (χ3n) is 10.7. The number of anilines is 1. The second-order valence-electron chi connectivity index (χ2n) is 15.7. The molecular formula is C46H46ClN5O5S. The first-order valence-corrected chi connectivity index (χ1v) is 21.3. The average molecular weight is 816 g/mol. The molecule has 3 amide bonds. The molecule has 12 heteroatoms. The molecule has 1 aromatic heterocycles. The quantitative estimate of drug-likeness (QED) is 0.147. The van der Waals surface area contributed by atoms with Crippen molar-refractivity contribution < 1.29 is 22.8 Å². The van der Waals surface area contributed by atoms with Gasteiger partial charge in [-0.15, -0.1) is 0 Å². The van der Waals surface area contributed by atoms with E-state index in [0.29, 0.717) is 42.8 Å². The van der Waals surface area contributed by atoms with Gasteiger partial charge in [-0.2, -0.15) is 5.10 Å². The maximum Gasteiger partial charge on any atom is 0.280 e. The van der Waals surface area contributed by atoms with Crippen molar-refractivity contribution in [3.63, 3.8) is 0 Å². The molecule has 0 saturated carbocycles. The van der Waals surface area contributed by atoms with E-state index >= 15 is 0 Å². The predicted octanol–water partition coefficient (Wildman–Crippen LogP) is 9.05. The van der Waals surface area contributed by atoms with Crippen LogP contribution in [0.3, 0.4) is 0 Å². The fourth-order valence-electron chi connectivity index (χ4n) is 7.23. The van der Waals surface area contributed by atoms with Crippen LogP contribution < -0.4 is 9.62 Å². The van der Waals surface area contributed by atoms with Crippen molar-refractivity contribution in [1.82, 2.24) is 19.4 Å². The molecule has 1 aliphatic heterocycles. The Labute approximate surface area is 344 Å². The minimum Gasteiger partial charge on any atom is -0.334 e. The van der Waals surface area contributed by atoms with Gasteiger partial charge < -0.3 is 9.80 Å². The standard InChI is InChI=1S/C46H46ClN5O5S/c1-6-7-25-51(37-20-18-36(19-21-37)46(3,4)5)45(55)42-41(47)30(2)52(48-42)40-23-17-34(28-39(40)44(54)50-26-24-32-13-9-11-15-35(32)29-50)43(53)49-58(56,57)38-22-16-31-12-8-10-14-33(31)27-38/h8-23,27-28H,6-7,24-26,29H2,1-5H3,(H,49,53). The number of hydrogen-bond donors (Lipinski definition) is 1. The van der Waals surface area contributed by atoms with E-state index in [1.807, 2.05) is 60.7 Å². The van der Waals surface area contributed by atoms with Crippen molar-refractivity contribution in [2.75, 3.05) is 18.0 Å². The summed E-state index contributed by atoms with van der Waals surface area (Å²) in [6.07, 6.45) is 2.25. The molecule has 5 aromatic carbocycles. The number of carbonyl (C=O) groups excluding carboxylic acids is 3. The maximum atomic E-state index is 14.6. The van der Waals surface area contributed by atoms with Crippen molar-refractivity contribution in [1.29, 1.82) is 0 Å². The summed E-state index contributed by atoms with van der Waals surface area (Å²) in [5, 5.41) is 6.43.